The lowest BCUT2D eigenvalue weighted by atomic mass is 10.1. The molecule has 0 aliphatic heterocycles. The van der Waals surface area contributed by atoms with E-state index >= 15 is 0 Å². The SMILES string of the molecule is Cc1cc(/C=C/c2ccc(/C=C/c3cccc(C#N)c3)cc2)ccc1O. The smallest absolute Gasteiger partial charge is 0.118 e. The van der Waals surface area contributed by atoms with Gasteiger partial charge in [-0.15, -0.1) is 0 Å². The maximum atomic E-state index is 9.58. The van der Waals surface area contributed by atoms with E-state index < -0.39 is 0 Å². The quantitative estimate of drug-likeness (QED) is 0.601. The van der Waals surface area contributed by atoms with Gasteiger partial charge in [0.25, 0.3) is 0 Å². The summed E-state index contributed by atoms with van der Waals surface area (Å²) < 4.78 is 0. The summed E-state index contributed by atoms with van der Waals surface area (Å²) in [5.74, 6) is 0.318. The molecule has 0 bridgehead atoms. The molecule has 0 unspecified atom stereocenters. The van der Waals surface area contributed by atoms with Crippen LogP contribution in [0.5, 0.6) is 5.75 Å². The number of nitrogens with zero attached hydrogens (tertiary/aromatic N) is 1. The van der Waals surface area contributed by atoms with Gasteiger partial charge in [-0.3, -0.25) is 0 Å². The molecule has 0 saturated carbocycles. The van der Waals surface area contributed by atoms with Crippen molar-refractivity contribution in [2.75, 3.05) is 0 Å². The van der Waals surface area contributed by atoms with E-state index in [1.54, 1.807) is 12.1 Å². The summed E-state index contributed by atoms with van der Waals surface area (Å²) in [5, 5.41) is 18.5. The zero-order valence-corrected chi connectivity index (χ0v) is 14.6. The van der Waals surface area contributed by atoms with Crippen molar-refractivity contribution in [3.8, 4) is 11.8 Å². The molecule has 0 radical (unpaired) electrons. The third-order valence-electron chi connectivity index (χ3n) is 4.11. The Bertz CT molecular complexity index is 1010. The van der Waals surface area contributed by atoms with Gasteiger partial charge >= 0.3 is 0 Å². The van der Waals surface area contributed by atoms with Crippen LogP contribution >= 0.6 is 0 Å². The van der Waals surface area contributed by atoms with E-state index in [0.29, 0.717) is 11.3 Å². The molecule has 0 saturated heterocycles. The van der Waals surface area contributed by atoms with Gasteiger partial charge in [0.15, 0.2) is 0 Å². The molecule has 0 aliphatic rings. The minimum absolute atomic E-state index is 0.318. The van der Waals surface area contributed by atoms with Crippen LogP contribution in [0.15, 0.2) is 66.7 Å². The number of phenolic OH excluding ortho intramolecular Hbond substituents is 1. The first kappa shape index (κ1) is 17.3. The van der Waals surface area contributed by atoms with Gasteiger partial charge < -0.3 is 5.11 Å². The van der Waals surface area contributed by atoms with Gasteiger partial charge in [-0.2, -0.15) is 5.26 Å². The molecule has 0 heterocycles. The fourth-order valence-corrected chi connectivity index (χ4v) is 2.60. The number of aromatic hydroxyl groups is 1. The number of hydrogen-bond donors (Lipinski definition) is 1. The number of benzene rings is 3. The van der Waals surface area contributed by atoms with Gasteiger partial charge in [-0.25, -0.2) is 0 Å². The Morgan fingerprint density at radius 1 is 0.731 bits per heavy atom. The molecule has 0 spiro atoms. The Labute approximate surface area is 154 Å². The summed E-state index contributed by atoms with van der Waals surface area (Å²) >= 11 is 0. The molecule has 3 aromatic carbocycles. The highest BCUT2D eigenvalue weighted by Crippen LogP contribution is 2.19. The molecule has 3 aromatic rings. The largest absolute Gasteiger partial charge is 0.508 e. The first-order valence-corrected chi connectivity index (χ1v) is 8.40. The van der Waals surface area contributed by atoms with Crippen LogP contribution in [0.1, 0.15) is 33.4 Å². The molecule has 0 aliphatic carbocycles. The van der Waals surface area contributed by atoms with Crippen molar-refractivity contribution in [3.63, 3.8) is 0 Å². The third kappa shape index (κ3) is 4.49. The highest BCUT2D eigenvalue weighted by atomic mass is 16.3. The monoisotopic (exact) mass is 337 g/mol. The van der Waals surface area contributed by atoms with Crippen molar-refractivity contribution in [2.45, 2.75) is 6.92 Å². The summed E-state index contributed by atoms with van der Waals surface area (Å²) in [7, 11) is 0. The molecule has 3 rings (SSSR count). The van der Waals surface area contributed by atoms with Crippen molar-refractivity contribution in [1.29, 1.82) is 5.26 Å². The lowest BCUT2D eigenvalue weighted by Gasteiger charge is -2.00. The summed E-state index contributed by atoms with van der Waals surface area (Å²) in [6.07, 6.45) is 8.12. The van der Waals surface area contributed by atoms with E-state index in [1.807, 2.05) is 55.5 Å². The minimum Gasteiger partial charge on any atom is -0.508 e. The van der Waals surface area contributed by atoms with Gasteiger partial charge in [-0.05, 0) is 59.0 Å². The Morgan fingerprint density at radius 3 is 1.85 bits per heavy atom. The number of phenols is 1. The molecular weight excluding hydrogens is 318 g/mol. The van der Waals surface area contributed by atoms with E-state index in [0.717, 1.165) is 27.8 Å². The van der Waals surface area contributed by atoms with Crippen molar-refractivity contribution in [2.24, 2.45) is 0 Å². The predicted molar refractivity (Wildman–Crippen MR) is 108 cm³/mol. The average Bonchev–Trinajstić information content (AvgIpc) is 2.68. The summed E-state index contributed by atoms with van der Waals surface area (Å²) in [6.45, 7) is 1.89. The molecular formula is C24H19NO. The molecule has 0 atom stereocenters. The lowest BCUT2D eigenvalue weighted by Crippen LogP contribution is -1.79. The van der Waals surface area contributed by atoms with Crippen LogP contribution in [0, 0.1) is 18.3 Å². The average molecular weight is 337 g/mol. The lowest BCUT2D eigenvalue weighted by molar-refractivity contribution is 0.471. The topological polar surface area (TPSA) is 44.0 Å². The van der Waals surface area contributed by atoms with Crippen molar-refractivity contribution in [3.05, 3.63) is 100 Å². The van der Waals surface area contributed by atoms with Crippen LogP contribution in [-0.2, 0) is 0 Å². The second kappa shape index (κ2) is 8.00. The predicted octanol–water partition coefficient (Wildman–Crippen LogP) is 5.91. The van der Waals surface area contributed by atoms with Crippen molar-refractivity contribution in [1.82, 2.24) is 0 Å². The van der Waals surface area contributed by atoms with Gasteiger partial charge in [0.05, 0.1) is 11.6 Å². The molecule has 26 heavy (non-hydrogen) atoms. The van der Waals surface area contributed by atoms with Crippen molar-refractivity contribution < 1.29 is 5.11 Å². The van der Waals surface area contributed by atoms with E-state index in [9.17, 15) is 5.11 Å². The second-order valence-corrected chi connectivity index (χ2v) is 6.12. The summed E-state index contributed by atoms with van der Waals surface area (Å²) in [5.41, 5.74) is 5.81. The fourth-order valence-electron chi connectivity index (χ4n) is 2.60. The van der Waals surface area contributed by atoms with Crippen LogP contribution in [-0.4, -0.2) is 5.11 Å². The van der Waals surface area contributed by atoms with E-state index in [2.05, 4.69) is 36.4 Å². The van der Waals surface area contributed by atoms with E-state index in [1.165, 1.54) is 0 Å². The number of rotatable bonds is 4. The maximum absolute atomic E-state index is 9.58. The Hall–Kier alpha value is -3.57. The Balaban J connectivity index is 1.70. The highest BCUT2D eigenvalue weighted by Gasteiger charge is 1.96. The van der Waals surface area contributed by atoms with Gasteiger partial charge in [0.1, 0.15) is 5.75 Å². The van der Waals surface area contributed by atoms with Crippen LogP contribution in [0.4, 0.5) is 0 Å². The van der Waals surface area contributed by atoms with Crippen molar-refractivity contribution >= 4 is 24.3 Å². The molecule has 2 heteroatoms. The zero-order chi connectivity index (χ0) is 18.4. The van der Waals surface area contributed by atoms with Gasteiger partial charge in [-0.1, -0.05) is 66.8 Å². The summed E-state index contributed by atoms with van der Waals surface area (Å²) in [6, 6.07) is 23.5. The third-order valence-corrected chi connectivity index (χ3v) is 4.11. The van der Waals surface area contributed by atoms with Crippen LogP contribution in [0.25, 0.3) is 24.3 Å². The molecule has 0 aromatic heterocycles. The van der Waals surface area contributed by atoms with E-state index in [-0.39, 0.29) is 0 Å². The number of hydrogen-bond acceptors (Lipinski definition) is 2. The fraction of sp³-hybridized carbons (Fsp3) is 0.0417. The van der Waals surface area contributed by atoms with Gasteiger partial charge in [0.2, 0.25) is 0 Å². The maximum Gasteiger partial charge on any atom is 0.118 e. The normalized spacial score (nSPS) is 11.1. The molecule has 2 nitrogen and oxygen atoms in total. The molecule has 126 valence electrons. The minimum atomic E-state index is 0.318. The first-order chi connectivity index (χ1) is 12.6. The van der Waals surface area contributed by atoms with Crippen LogP contribution < -0.4 is 0 Å². The number of nitriles is 1. The first-order valence-electron chi connectivity index (χ1n) is 8.40. The molecule has 0 fully saturated rings. The zero-order valence-electron chi connectivity index (χ0n) is 14.6. The Morgan fingerprint density at radius 2 is 1.27 bits per heavy atom. The molecule has 0 amide bonds. The highest BCUT2D eigenvalue weighted by molar-refractivity contribution is 5.73. The second-order valence-electron chi connectivity index (χ2n) is 6.12. The van der Waals surface area contributed by atoms with E-state index in [4.69, 9.17) is 5.26 Å². The van der Waals surface area contributed by atoms with Crippen LogP contribution in [0.3, 0.4) is 0 Å². The Kier molecular flexibility index (Phi) is 5.31. The molecule has 1 N–H and O–H groups in total. The number of aryl methyl sites for hydroxylation is 1. The summed E-state index contributed by atoms with van der Waals surface area (Å²) in [4.78, 5) is 0. The van der Waals surface area contributed by atoms with Gasteiger partial charge in [0, 0.05) is 0 Å². The standard InChI is InChI=1S/C24H19NO/c1-18-15-22(13-14-24(18)26)12-10-20-7-5-19(6-8-20)9-11-21-3-2-4-23(16-21)17-25/h2-16,26H,1H3/b11-9+,12-10+. The van der Waals surface area contributed by atoms with Crippen LogP contribution in [0.2, 0.25) is 0 Å².